The molecule has 0 amide bonds. The summed E-state index contributed by atoms with van der Waals surface area (Å²) in [6.07, 6.45) is 0. The molecule has 0 saturated heterocycles. The van der Waals surface area contributed by atoms with Crippen LogP contribution >= 0.6 is 12.2 Å². The Hall–Kier alpha value is -2.15. The van der Waals surface area contributed by atoms with E-state index in [-0.39, 0.29) is 0 Å². The maximum absolute atomic E-state index is 5.79. The molecule has 1 N–H and O–H groups in total. The molecule has 0 atom stereocenters. The lowest BCUT2D eigenvalue weighted by molar-refractivity contribution is 0.147. The number of para-hydroxylation sites is 1. The summed E-state index contributed by atoms with van der Waals surface area (Å²) >= 11 is 5.49. The van der Waals surface area contributed by atoms with Gasteiger partial charge in [0, 0.05) is 33.0 Å². The lowest BCUT2D eigenvalue weighted by atomic mass is 10.3. The number of hydrogen-bond acceptors (Lipinski definition) is 4. The molecule has 5 nitrogen and oxygen atoms in total. The molecule has 2 aromatic carbocycles. The van der Waals surface area contributed by atoms with Gasteiger partial charge in [-0.1, -0.05) is 18.2 Å². The Bertz CT molecular complexity index is 627. The van der Waals surface area contributed by atoms with Crippen LogP contribution in [0.4, 0.5) is 5.69 Å². The zero-order valence-corrected chi connectivity index (χ0v) is 15.4. The first-order valence-corrected chi connectivity index (χ1v) is 8.50. The summed E-state index contributed by atoms with van der Waals surface area (Å²) < 4.78 is 16.1. The third kappa shape index (κ3) is 6.70. The van der Waals surface area contributed by atoms with Crippen molar-refractivity contribution in [2.75, 3.05) is 45.8 Å². The van der Waals surface area contributed by atoms with Gasteiger partial charge in [0.2, 0.25) is 0 Å². The van der Waals surface area contributed by atoms with Gasteiger partial charge in [-0.05, 0) is 48.6 Å². The van der Waals surface area contributed by atoms with Crippen LogP contribution in [0.5, 0.6) is 11.5 Å². The van der Waals surface area contributed by atoms with E-state index in [9.17, 15) is 0 Å². The summed E-state index contributed by atoms with van der Waals surface area (Å²) in [6, 6.07) is 17.4. The number of ether oxygens (including phenoxy) is 3. The van der Waals surface area contributed by atoms with Crippen molar-refractivity contribution >= 4 is 23.0 Å². The van der Waals surface area contributed by atoms with Crippen molar-refractivity contribution in [1.29, 1.82) is 0 Å². The molecule has 0 heterocycles. The van der Waals surface area contributed by atoms with Crippen LogP contribution in [0.15, 0.2) is 54.6 Å². The zero-order valence-electron chi connectivity index (χ0n) is 14.6. The quantitative estimate of drug-likeness (QED) is 0.687. The Morgan fingerprint density at radius 3 is 2.00 bits per heavy atom. The van der Waals surface area contributed by atoms with Gasteiger partial charge in [-0.3, -0.25) is 0 Å². The Labute approximate surface area is 154 Å². The average Bonchev–Trinajstić information content (AvgIpc) is 2.64. The van der Waals surface area contributed by atoms with E-state index in [2.05, 4.69) is 5.32 Å². The van der Waals surface area contributed by atoms with Crippen LogP contribution in [0.25, 0.3) is 0 Å². The van der Waals surface area contributed by atoms with E-state index in [1.807, 2.05) is 59.5 Å². The molecule has 2 rings (SSSR count). The SMILES string of the molecule is COCCN(CCOC)C(=S)Nc1ccc(Oc2ccccc2)cc1. The van der Waals surface area contributed by atoms with Gasteiger partial charge in [-0.2, -0.15) is 0 Å². The summed E-state index contributed by atoms with van der Waals surface area (Å²) in [5.41, 5.74) is 0.908. The van der Waals surface area contributed by atoms with E-state index >= 15 is 0 Å². The summed E-state index contributed by atoms with van der Waals surface area (Å²) in [5.74, 6) is 1.59. The molecule has 0 spiro atoms. The van der Waals surface area contributed by atoms with Crippen LogP contribution in [0.3, 0.4) is 0 Å². The normalized spacial score (nSPS) is 10.3. The smallest absolute Gasteiger partial charge is 0.173 e. The Morgan fingerprint density at radius 1 is 0.880 bits per heavy atom. The van der Waals surface area contributed by atoms with E-state index in [1.165, 1.54) is 0 Å². The van der Waals surface area contributed by atoms with Crippen LogP contribution < -0.4 is 10.1 Å². The minimum atomic E-state index is 0.607. The van der Waals surface area contributed by atoms with Crippen molar-refractivity contribution in [1.82, 2.24) is 4.90 Å². The van der Waals surface area contributed by atoms with E-state index in [0.717, 1.165) is 17.2 Å². The molecule has 6 heteroatoms. The molecule has 0 radical (unpaired) electrons. The predicted molar refractivity (Wildman–Crippen MR) is 105 cm³/mol. The predicted octanol–water partition coefficient (Wildman–Crippen LogP) is 3.77. The van der Waals surface area contributed by atoms with Crippen molar-refractivity contribution in [3.8, 4) is 11.5 Å². The van der Waals surface area contributed by atoms with Crippen LogP contribution in [-0.2, 0) is 9.47 Å². The molecule has 0 aromatic heterocycles. The maximum atomic E-state index is 5.79. The van der Waals surface area contributed by atoms with Crippen LogP contribution in [0.1, 0.15) is 0 Å². The monoisotopic (exact) mass is 360 g/mol. The molecular formula is C19H24N2O3S. The highest BCUT2D eigenvalue weighted by Gasteiger charge is 2.09. The first kappa shape index (κ1) is 19.2. The molecule has 0 fully saturated rings. The number of benzene rings is 2. The van der Waals surface area contributed by atoms with Crippen molar-refractivity contribution in [3.05, 3.63) is 54.6 Å². The number of methoxy groups -OCH3 is 2. The minimum Gasteiger partial charge on any atom is -0.457 e. The van der Waals surface area contributed by atoms with Gasteiger partial charge < -0.3 is 24.4 Å². The fraction of sp³-hybridized carbons (Fsp3) is 0.316. The van der Waals surface area contributed by atoms with Gasteiger partial charge in [0.15, 0.2) is 5.11 Å². The van der Waals surface area contributed by atoms with Gasteiger partial charge in [0.05, 0.1) is 13.2 Å². The third-order valence-corrected chi connectivity index (χ3v) is 3.86. The number of anilines is 1. The molecular weight excluding hydrogens is 336 g/mol. The molecule has 134 valence electrons. The van der Waals surface area contributed by atoms with E-state index in [0.29, 0.717) is 31.4 Å². The standard InChI is InChI=1S/C19H24N2O3S/c1-22-14-12-21(13-15-23-2)19(25)20-16-8-10-18(11-9-16)24-17-6-4-3-5-7-17/h3-11H,12-15H2,1-2H3,(H,20,25). The summed E-state index contributed by atoms with van der Waals surface area (Å²) in [6.45, 7) is 2.63. The average molecular weight is 360 g/mol. The van der Waals surface area contributed by atoms with Crippen molar-refractivity contribution in [2.24, 2.45) is 0 Å². The number of nitrogens with one attached hydrogen (secondary N) is 1. The molecule has 0 saturated carbocycles. The molecule has 2 aromatic rings. The molecule has 0 aliphatic heterocycles. The Morgan fingerprint density at radius 2 is 1.44 bits per heavy atom. The minimum absolute atomic E-state index is 0.607. The van der Waals surface area contributed by atoms with Gasteiger partial charge in [-0.15, -0.1) is 0 Å². The lowest BCUT2D eigenvalue weighted by Gasteiger charge is -2.25. The summed E-state index contributed by atoms with van der Waals surface area (Å²) in [4.78, 5) is 2.02. The fourth-order valence-electron chi connectivity index (χ4n) is 2.15. The number of nitrogens with zero attached hydrogens (tertiary/aromatic N) is 1. The second-order valence-electron chi connectivity index (χ2n) is 5.34. The van der Waals surface area contributed by atoms with Gasteiger partial charge in [0.25, 0.3) is 0 Å². The lowest BCUT2D eigenvalue weighted by Crippen LogP contribution is -2.39. The molecule has 25 heavy (non-hydrogen) atoms. The molecule has 0 aliphatic rings. The van der Waals surface area contributed by atoms with E-state index < -0.39 is 0 Å². The Kier molecular flexibility index (Phi) is 8.18. The molecule has 0 bridgehead atoms. The van der Waals surface area contributed by atoms with Crippen molar-refractivity contribution < 1.29 is 14.2 Å². The largest absolute Gasteiger partial charge is 0.457 e. The summed E-state index contributed by atoms with van der Waals surface area (Å²) in [7, 11) is 3.35. The van der Waals surface area contributed by atoms with Crippen LogP contribution in [0.2, 0.25) is 0 Å². The van der Waals surface area contributed by atoms with Crippen molar-refractivity contribution in [3.63, 3.8) is 0 Å². The van der Waals surface area contributed by atoms with Gasteiger partial charge in [-0.25, -0.2) is 0 Å². The van der Waals surface area contributed by atoms with E-state index in [4.69, 9.17) is 26.4 Å². The zero-order chi connectivity index (χ0) is 17.9. The van der Waals surface area contributed by atoms with E-state index in [1.54, 1.807) is 14.2 Å². The van der Waals surface area contributed by atoms with Crippen LogP contribution in [-0.4, -0.2) is 50.5 Å². The summed E-state index contributed by atoms with van der Waals surface area (Å²) in [5, 5.41) is 3.89. The highest BCUT2D eigenvalue weighted by molar-refractivity contribution is 7.80. The third-order valence-electron chi connectivity index (χ3n) is 3.50. The van der Waals surface area contributed by atoms with Gasteiger partial charge >= 0.3 is 0 Å². The second kappa shape index (κ2) is 10.7. The Balaban J connectivity index is 1.92. The topological polar surface area (TPSA) is 43.0 Å². The van der Waals surface area contributed by atoms with Crippen molar-refractivity contribution in [2.45, 2.75) is 0 Å². The fourth-order valence-corrected chi connectivity index (χ4v) is 2.45. The highest BCUT2D eigenvalue weighted by Crippen LogP contribution is 2.22. The number of thiocarbonyl (C=S) groups is 1. The second-order valence-corrected chi connectivity index (χ2v) is 5.73. The molecule has 0 aliphatic carbocycles. The van der Waals surface area contributed by atoms with Crippen LogP contribution in [0, 0.1) is 0 Å². The first-order chi connectivity index (χ1) is 12.2. The number of hydrogen-bond donors (Lipinski definition) is 1. The highest BCUT2D eigenvalue weighted by atomic mass is 32.1. The number of rotatable bonds is 9. The molecule has 0 unspecified atom stereocenters. The maximum Gasteiger partial charge on any atom is 0.173 e. The van der Waals surface area contributed by atoms with Gasteiger partial charge in [0.1, 0.15) is 11.5 Å². The first-order valence-electron chi connectivity index (χ1n) is 8.09.